The molecule has 0 aliphatic heterocycles. The average molecular weight is 1000 g/mol. The molecule has 0 saturated carbocycles. The highest BCUT2D eigenvalue weighted by atomic mass is 16.6. The topological polar surface area (TPSA) is 78.9 Å². The van der Waals surface area contributed by atoms with Gasteiger partial charge in [0.25, 0.3) is 0 Å². The summed E-state index contributed by atoms with van der Waals surface area (Å²) in [6.45, 7) is 6.46. The number of unbranched alkanes of at least 4 members (excludes halogenated alkanes) is 31. The van der Waals surface area contributed by atoms with Gasteiger partial charge in [-0.3, -0.25) is 14.4 Å². The summed E-state index contributed by atoms with van der Waals surface area (Å²) in [5.41, 5.74) is 0. The fraction of sp³-hybridized carbons (Fsp3) is 0.742. The van der Waals surface area contributed by atoms with Crippen molar-refractivity contribution in [3.05, 3.63) is 85.1 Å². The number of rotatable bonds is 55. The van der Waals surface area contributed by atoms with Gasteiger partial charge in [0.15, 0.2) is 6.10 Å². The number of carbonyl (C=O) groups excluding carboxylic acids is 3. The SMILES string of the molecule is CC/C=C\C/C=C\C/C=C\C/C=C\C/C=C\CC(=O)OCC(COC(=O)CCCCCCCCCCC/C=C\C/C=C\CCCCCCC)OC(=O)CCCCCCCCCCCCCCCCCCCC. The Kier molecular flexibility index (Phi) is 57.3. The summed E-state index contributed by atoms with van der Waals surface area (Å²) < 4.78 is 16.8. The van der Waals surface area contributed by atoms with E-state index in [1.807, 2.05) is 6.08 Å². The molecule has 414 valence electrons. The van der Waals surface area contributed by atoms with E-state index in [-0.39, 0.29) is 31.6 Å². The van der Waals surface area contributed by atoms with E-state index in [0.717, 1.165) is 77.0 Å². The molecule has 6 nitrogen and oxygen atoms in total. The first-order chi connectivity index (χ1) is 35.5. The van der Waals surface area contributed by atoms with Crippen molar-refractivity contribution in [1.82, 2.24) is 0 Å². The van der Waals surface area contributed by atoms with Gasteiger partial charge in [0.2, 0.25) is 0 Å². The fourth-order valence-electron chi connectivity index (χ4n) is 8.61. The van der Waals surface area contributed by atoms with Crippen molar-refractivity contribution in [2.45, 2.75) is 303 Å². The van der Waals surface area contributed by atoms with Gasteiger partial charge < -0.3 is 14.2 Å². The highest BCUT2D eigenvalue weighted by Crippen LogP contribution is 2.16. The molecular formula is C66H114O6. The van der Waals surface area contributed by atoms with Crippen LogP contribution >= 0.6 is 0 Å². The minimum Gasteiger partial charge on any atom is -0.462 e. The van der Waals surface area contributed by atoms with E-state index in [2.05, 4.69) is 93.7 Å². The minimum absolute atomic E-state index is 0.106. The van der Waals surface area contributed by atoms with Crippen LogP contribution in [0.15, 0.2) is 85.1 Å². The molecule has 0 aromatic heterocycles. The van der Waals surface area contributed by atoms with E-state index in [1.54, 1.807) is 6.08 Å². The summed E-state index contributed by atoms with van der Waals surface area (Å²) in [6.07, 6.45) is 78.9. The molecule has 0 spiro atoms. The molecule has 72 heavy (non-hydrogen) atoms. The van der Waals surface area contributed by atoms with Crippen LogP contribution in [0.1, 0.15) is 297 Å². The molecule has 0 amide bonds. The summed E-state index contributed by atoms with van der Waals surface area (Å²) in [7, 11) is 0. The molecule has 0 aliphatic rings. The molecule has 0 N–H and O–H groups in total. The van der Waals surface area contributed by atoms with Gasteiger partial charge in [-0.15, -0.1) is 0 Å². The van der Waals surface area contributed by atoms with Crippen LogP contribution in [0, 0.1) is 0 Å². The Morgan fingerprint density at radius 3 is 0.972 bits per heavy atom. The van der Waals surface area contributed by atoms with Crippen LogP contribution in [-0.2, 0) is 28.6 Å². The minimum atomic E-state index is -0.817. The Labute approximate surface area is 445 Å². The quantitative estimate of drug-likeness (QED) is 0.0261. The first-order valence-corrected chi connectivity index (χ1v) is 30.6. The van der Waals surface area contributed by atoms with Crippen LogP contribution in [0.4, 0.5) is 0 Å². The number of hydrogen-bond donors (Lipinski definition) is 0. The van der Waals surface area contributed by atoms with Gasteiger partial charge in [-0.1, -0.05) is 286 Å². The van der Waals surface area contributed by atoms with Gasteiger partial charge in [-0.05, 0) is 77.0 Å². The number of ether oxygens (including phenoxy) is 3. The van der Waals surface area contributed by atoms with Crippen molar-refractivity contribution in [2.75, 3.05) is 13.2 Å². The predicted octanol–water partition coefficient (Wildman–Crippen LogP) is 20.7. The zero-order valence-corrected chi connectivity index (χ0v) is 47.4. The Bertz CT molecular complexity index is 1380. The fourth-order valence-corrected chi connectivity index (χ4v) is 8.61. The van der Waals surface area contributed by atoms with E-state index in [0.29, 0.717) is 12.8 Å². The predicted molar refractivity (Wildman–Crippen MR) is 311 cm³/mol. The summed E-state index contributed by atoms with van der Waals surface area (Å²) in [6, 6.07) is 0. The maximum Gasteiger partial charge on any atom is 0.309 e. The molecule has 0 aromatic carbocycles. The van der Waals surface area contributed by atoms with Crippen molar-refractivity contribution < 1.29 is 28.6 Å². The number of esters is 3. The van der Waals surface area contributed by atoms with Crippen molar-refractivity contribution in [3.63, 3.8) is 0 Å². The van der Waals surface area contributed by atoms with E-state index < -0.39 is 12.1 Å². The van der Waals surface area contributed by atoms with Gasteiger partial charge in [-0.25, -0.2) is 0 Å². The lowest BCUT2D eigenvalue weighted by molar-refractivity contribution is -0.166. The lowest BCUT2D eigenvalue weighted by Gasteiger charge is -2.18. The Morgan fingerprint density at radius 1 is 0.306 bits per heavy atom. The molecule has 0 saturated heterocycles. The van der Waals surface area contributed by atoms with Crippen LogP contribution in [0.25, 0.3) is 0 Å². The van der Waals surface area contributed by atoms with Gasteiger partial charge in [0.05, 0.1) is 6.42 Å². The second-order valence-electron chi connectivity index (χ2n) is 20.3. The van der Waals surface area contributed by atoms with Crippen LogP contribution < -0.4 is 0 Å². The molecule has 1 unspecified atom stereocenters. The summed E-state index contributed by atoms with van der Waals surface area (Å²) in [4.78, 5) is 38.2. The molecular weight excluding hydrogens is 889 g/mol. The van der Waals surface area contributed by atoms with Crippen LogP contribution in [0.2, 0.25) is 0 Å². The summed E-state index contributed by atoms with van der Waals surface area (Å²) >= 11 is 0. The molecule has 0 heterocycles. The third-order valence-electron chi connectivity index (χ3n) is 13.2. The molecule has 0 aromatic rings. The second kappa shape index (κ2) is 60.1. The van der Waals surface area contributed by atoms with E-state index in [1.165, 1.54) is 180 Å². The molecule has 1 atom stereocenters. The van der Waals surface area contributed by atoms with Crippen LogP contribution in [-0.4, -0.2) is 37.2 Å². The Morgan fingerprint density at radius 2 is 0.597 bits per heavy atom. The maximum atomic E-state index is 12.9. The molecule has 0 aliphatic carbocycles. The normalized spacial score (nSPS) is 12.7. The Balaban J connectivity index is 4.43. The lowest BCUT2D eigenvalue weighted by atomic mass is 10.0. The largest absolute Gasteiger partial charge is 0.462 e. The lowest BCUT2D eigenvalue weighted by Crippen LogP contribution is -2.30. The zero-order valence-electron chi connectivity index (χ0n) is 47.4. The molecule has 0 radical (unpaired) electrons. The maximum absolute atomic E-state index is 12.9. The first-order valence-electron chi connectivity index (χ1n) is 30.6. The molecule has 0 fully saturated rings. The van der Waals surface area contributed by atoms with Crippen molar-refractivity contribution >= 4 is 17.9 Å². The Hall–Kier alpha value is -3.41. The van der Waals surface area contributed by atoms with Gasteiger partial charge in [0.1, 0.15) is 13.2 Å². The number of hydrogen-bond acceptors (Lipinski definition) is 6. The van der Waals surface area contributed by atoms with Gasteiger partial charge >= 0.3 is 17.9 Å². The number of allylic oxidation sites excluding steroid dienone is 13. The third-order valence-corrected chi connectivity index (χ3v) is 13.2. The van der Waals surface area contributed by atoms with Crippen molar-refractivity contribution in [2.24, 2.45) is 0 Å². The second-order valence-corrected chi connectivity index (χ2v) is 20.3. The zero-order chi connectivity index (χ0) is 52.2. The molecule has 0 bridgehead atoms. The standard InChI is InChI=1S/C66H114O6/c1-4-7-10-13-16-19-22-25-28-30-32-33-34-36-38-41-44-47-50-53-56-59-65(68)71-62-63(61-70-64(67)58-55-52-49-46-43-40-37-27-24-21-18-15-12-9-6-3)72-66(69)60-57-54-51-48-45-42-39-35-31-29-26-23-20-17-14-11-8-5-2/h9,12,18,21-22,25,27,30,32,37,43,46,52,55,63H,4-8,10-11,13-17,19-20,23-24,26,28-29,31,33-36,38-42,44-45,47-51,53-54,56-62H2,1-3H3/b12-9-,21-18-,25-22-,32-30-,37-27-,46-43-,55-52-. The molecule has 0 rings (SSSR count). The highest BCUT2D eigenvalue weighted by molar-refractivity contribution is 5.72. The third kappa shape index (κ3) is 57.5. The highest BCUT2D eigenvalue weighted by Gasteiger charge is 2.19. The van der Waals surface area contributed by atoms with Crippen molar-refractivity contribution in [1.29, 1.82) is 0 Å². The average Bonchev–Trinajstić information content (AvgIpc) is 3.38. The van der Waals surface area contributed by atoms with E-state index >= 15 is 0 Å². The monoisotopic (exact) mass is 1000 g/mol. The van der Waals surface area contributed by atoms with E-state index in [9.17, 15) is 14.4 Å². The van der Waals surface area contributed by atoms with E-state index in [4.69, 9.17) is 14.2 Å². The smallest absolute Gasteiger partial charge is 0.309 e. The van der Waals surface area contributed by atoms with Gasteiger partial charge in [-0.2, -0.15) is 0 Å². The van der Waals surface area contributed by atoms with Crippen molar-refractivity contribution in [3.8, 4) is 0 Å². The van der Waals surface area contributed by atoms with Gasteiger partial charge in [0, 0.05) is 12.8 Å². The summed E-state index contributed by atoms with van der Waals surface area (Å²) in [5.74, 6) is -1.03. The van der Waals surface area contributed by atoms with Crippen LogP contribution in [0.3, 0.4) is 0 Å². The molecule has 6 heteroatoms. The summed E-state index contributed by atoms with van der Waals surface area (Å²) in [5, 5.41) is 0. The number of carbonyl (C=O) groups is 3. The first kappa shape index (κ1) is 68.6. The van der Waals surface area contributed by atoms with Crippen LogP contribution in [0.5, 0.6) is 0 Å².